The van der Waals surface area contributed by atoms with Crippen LogP contribution in [0.2, 0.25) is 0 Å². The Hall–Kier alpha value is -1.22. The fourth-order valence-electron chi connectivity index (χ4n) is 1.02. The third-order valence-electron chi connectivity index (χ3n) is 1.78. The topological polar surface area (TPSA) is 26.3 Å². The molecule has 0 bridgehead atoms. The van der Waals surface area contributed by atoms with E-state index in [4.69, 9.17) is 0 Å². The van der Waals surface area contributed by atoms with Gasteiger partial charge < -0.3 is 4.74 Å². The molecule has 0 aliphatic carbocycles. The average molecular weight is 222 g/mol. The Kier molecular flexibility index (Phi) is 4.98. The lowest BCUT2D eigenvalue weighted by Crippen LogP contribution is -1.96. The van der Waals surface area contributed by atoms with Crippen LogP contribution < -0.4 is 0 Å². The van der Waals surface area contributed by atoms with Gasteiger partial charge in [0.1, 0.15) is 0 Å². The van der Waals surface area contributed by atoms with Crippen LogP contribution in [0, 0.1) is 0 Å². The number of rotatable bonds is 4. The Morgan fingerprint density at radius 1 is 1.40 bits per heavy atom. The molecule has 0 saturated heterocycles. The average Bonchev–Trinajstić information content (AvgIpc) is 2.27. The summed E-state index contributed by atoms with van der Waals surface area (Å²) in [5, 5.41) is 0. The van der Waals surface area contributed by atoms with Gasteiger partial charge in [-0.2, -0.15) is 0 Å². The summed E-state index contributed by atoms with van der Waals surface area (Å²) in [6.07, 6.45) is 1.52. The van der Waals surface area contributed by atoms with E-state index in [0.717, 1.165) is 11.3 Å². The van der Waals surface area contributed by atoms with Crippen LogP contribution >= 0.6 is 11.8 Å². The number of esters is 1. The maximum Gasteiger partial charge on any atom is 0.330 e. The minimum absolute atomic E-state index is 0.291. The van der Waals surface area contributed by atoms with E-state index >= 15 is 0 Å². The monoisotopic (exact) mass is 222 g/mol. The summed E-state index contributed by atoms with van der Waals surface area (Å²) < 4.78 is 4.55. The number of carbonyl (C=O) groups is 1. The Balaban J connectivity index is 2.44. The molecule has 1 rings (SSSR count). The van der Waals surface area contributed by atoms with Crippen molar-refractivity contribution in [3.63, 3.8) is 0 Å². The van der Waals surface area contributed by atoms with E-state index in [-0.39, 0.29) is 5.97 Å². The standard InChI is InChI=1S/C12H14O2S/c1-10(8-12(13)14-2)9-15-11-6-4-3-5-7-11/h3-8H,9H2,1-2H3. The predicted octanol–water partition coefficient (Wildman–Crippen LogP) is 2.90. The summed E-state index contributed by atoms with van der Waals surface area (Å²) in [5.74, 6) is 0.514. The molecule has 0 fully saturated rings. The highest BCUT2D eigenvalue weighted by atomic mass is 32.2. The van der Waals surface area contributed by atoms with Crippen LogP contribution in [-0.4, -0.2) is 18.8 Å². The molecule has 0 N–H and O–H groups in total. The van der Waals surface area contributed by atoms with Gasteiger partial charge in [0.15, 0.2) is 0 Å². The summed E-state index contributed by atoms with van der Waals surface area (Å²) in [6.45, 7) is 1.92. The van der Waals surface area contributed by atoms with Crippen LogP contribution in [0.15, 0.2) is 46.9 Å². The lowest BCUT2D eigenvalue weighted by atomic mass is 10.3. The van der Waals surface area contributed by atoms with Crippen LogP contribution in [0.3, 0.4) is 0 Å². The molecule has 1 aromatic carbocycles. The predicted molar refractivity (Wildman–Crippen MR) is 62.9 cm³/mol. The molecule has 0 saturated carbocycles. The molecule has 2 nitrogen and oxygen atoms in total. The summed E-state index contributed by atoms with van der Waals surface area (Å²) in [7, 11) is 1.39. The number of benzene rings is 1. The van der Waals surface area contributed by atoms with Gasteiger partial charge in [-0.15, -0.1) is 11.8 Å². The van der Waals surface area contributed by atoms with E-state index in [9.17, 15) is 4.79 Å². The first-order valence-electron chi connectivity index (χ1n) is 4.65. The molecule has 0 spiro atoms. The van der Waals surface area contributed by atoms with Crippen LogP contribution in [0.5, 0.6) is 0 Å². The van der Waals surface area contributed by atoms with Crippen molar-refractivity contribution in [3.05, 3.63) is 42.0 Å². The molecule has 0 aliphatic rings. The molecule has 1 aromatic rings. The number of hydrogen-bond donors (Lipinski definition) is 0. The van der Waals surface area contributed by atoms with Crippen molar-refractivity contribution in [1.82, 2.24) is 0 Å². The zero-order chi connectivity index (χ0) is 11.1. The van der Waals surface area contributed by atoms with E-state index < -0.39 is 0 Å². The normalized spacial score (nSPS) is 11.2. The number of ether oxygens (including phenoxy) is 1. The van der Waals surface area contributed by atoms with Crippen LogP contribution in [0.1, 0.15) is 6.92 Å². The van der Waals surface area contributed by atoms with Gasteiger partial charge in [0.25, 0.3) is 0 Å². The highest BCUT2D eigenvalue weighted by molar-refractivity contribution is 7.99. The molecule has 0 amide bonds. The van der Waals surface area contributed by atoms with E-state index in [2.05, 4.69) is 16.9 Å². The van der Waals surface area contributed by atoms with Gasteiger partial charge in [0.05, 0.1) is 7.11 Å². The molecule has 0 aliphatic heterocycles. The van der Waals surface area contributed by atoms with Crippen LogP contribution in [-0.2, 0) is 9.53 Å². The van der Waals surface area contributed by atoms with Crippen molar-refractivity contribution in [2.24, 2.45) is 0 Å². The van der Waals surface area contributed by atoms with Gasteiger partial charge in [-0.25, -0.2) is 4.79 Å². The van der Waals surface area contributed by atoms with Crippen molar-refractivity contribution < 1.29 is 9.53 Å². The fraction of sp³-hybridized carbons (Fsp3) is 0.250. The lowest BCUT2D eigenvalue weighted by molar-refractivity contribution is -0.134. The third-order valence-corrected chi connectivity index (χ3v) is 2.98. The molecule has 3 heteroatoms. The van der Waals surface area contributed by atoms with Crippen molar-refractivity contribution in [1.29, 1.82) is 0 Å². The smallest absolute Gasteiger partial charge is 0.330 e. The second kappa shape index (κ2) is 6.30. The number of hydrogen-bond acceptors (Lipinski definition) is 3. The maximum atomic E-state index is 10.9. The Morgan fingerprint density at radius 3 is 2.67 bits per heavy atom. The van der Waals surface area contributed by atoms with Crippen molar-refractivity contribution in [2.75, 3.05) is 12.9 Å². The third kappa shape index (κ3) is 4.70. The van der Waals surface area contributed by atoms with Crippen molar-refractivity contribution in [2.45, 2.75) is 11.8 Å². The number of carbonyl (C=O) groups excluding carboxylic acids is 1. The molecule has 0 aromatic heterocycles. The second-order valence-corrected chi connectivity index (χ2v) is 4.16. The van der Waals surface area contributed by atoms with Gasteiger partial charge in [-0.3, -0.25) is 0 Å². The van der Waals surface area contributed by atoms with Gasteiger partial charge in [-0.05, 0) is 19.1 Å². The zero-order valence-corrected chi connectivity index (χ0v) is 9.71. The second-order valence-electron chi connectivity index (χ2n) is 3.12. The van der Waals surface area contributed by atoms with Crippen LogP contribution in [0.4, 0.5) is 0 Å². The summed E-state index contributed by atoms with van der Waals surface area (Å²) in [4.78, 5) is 12.1. The maximum absolute atomic E-state index is 10.9. The Morgan fingerprint density at radius 2 is 2.07 bits per heavy atom. The molecule has 0 radical (unpaired) electrons. The van der Waals surface area contributed by atoms with Gasteiger partial charge >= 0.3 is 5.97 Å². The number of thioether (sulfide) groups is 1. The van der Waals surface area contributed by atoms with E-state index in [1.54, 1.807) is 11.8 Å². The van der Waals surface area contributed by atoms with E-state index in [1.807, 2.05) is 25.1 Å². The minimum Gasteiger partial charge on any atom is -0.466 e. The van der Waals surface area contributed by atoms with E-state index in [0.29, 0.717) is 0 Å². The highest BCUT2D eigenvalue weighted by Crippen LogP contribution is 2.19. The fourth-order valence-corrected chi connectivity index (χ4v) is 1.84. The van der Waals surface area contributed by atoms with Crippen LogP contribution in [0.25, 0.3) is 0 Å². The minimum atomic E-state index is -0.291. The Labute approximate surface area is 94.3 Å². The number of methoxy groups -OCH3 is 1. The first-order valence-corrected chi connectivity index (χ1v) is 5.64. The Bertz CT molecular complexity index is 344. The van der Waals surface area contributed by atoms with Gasteiger partial charge in [0.2, 0.25) is 0 Å². The summed E-state index contributed by atoms with van der Waals surface area (Å²) in [5.41, 5.74) is 1.01. The first kappa shape index (κ1) is 11.9. The SMILES string of the molecule is COC(=O)C=C(C)CSc1ccccc1. The van der Waals surface area contributed by atoms with E-state index in [1.165, 1.54) is 18.1 Å². The summed E-state index contributed by atoms with van der Waals surface area (Å²) in [6, 6.07) is 10.1. The molecular weight excluding hydrogens is 208 g/mol. The molecule has 0 atom stereocenters. The molecular formula is C12H14O2S. The summed E-state index contributed by atoms with van der Waals surface area (Å²) >= 11 is 1.70. The molecule has 80 valence electrons. The molecule has 15 heavy (non-hydrogen) atoms. The van der Waals surface area contributed by atoms with Crippen molar-refractivity contribution >= 4 is 17.7 Å². The zero-order valence-electron chi connectivity index (χ0n) is 8.90. The quantitative estimate of drug-likeness (QED) is 0.445. The molecule has 0 unspecified atom stereocenters. The first-order chi connectivity index (χ1) is 7.22. The largest absolute Gasteiger partial charge is 0.466 e. The van der Waals surface area contributed by atoms with Crippen molar-refractivity contribution in [3.8, 4) is 0 Å². The highest BCUT2D eigenvalue weighted by Gasteiger charge is 1.98. The molecule has 0 heterocycles. The van der Waals surface area contributed by atoms with Gasteiger partial charge in [0, 0.05) is 16.7 Å². The lowest BCUT2D eigenvalue weighted by Gasteiger charge is -2.01. The van der Waals surface area contributed by atoms with Gasteiger partial charge in [-0.1, -0.05) is 23.8 Å².